The predicted octanol–water partition coefficient (Wildman–Crippen LogP) is 2.65. The molecular formula is C21H26FN3O. The highest BCUT2D eigenvalue weighted by atomic mass is 19.1. The van der Waals surface area contributed by atoms with E-state index in [4.69, 9.17) is 0 Å². The number of hydrogen-bond acceptors (Lipinski definition) is 3. The van der Waals surface area contributed by atoms with Gasteiger partial charge in [0.1, 0.15) is 5.82 Å². The van der Waals surface area contributed by atoms with E-state index in [1.807, 2.05) is 49.4 Å². The molecule has 1 aliphatic rings. The predicted molar refractivity (Wildman–Crippen MR) is 101 cm³/mol. The molecule has 3 rings (SSSR count). The Labute approximate surface area is 154 Å². The van der Waals surface area contributed by atoms with Gasteiger partial charge in [-0.15, -0.1) is 0 Å². The van der Waals surface area contributed by atoms with Crippen LogP contribution in [0.3, 0.4) is 0 Å². The third kappa shape index (κ3) is 4.90. The molecule has 1 N–H and O–H groups in total. The van der Waals surface area contributed by atoms with E-state index >= 15 is 0 Å². The zero-order valence-corrected chi connectivity index (χ0v) is 15.2. The van der Waals surface area contributed by atoms with Crippen molar-refractivity contribution in [2.24, 2.45) is 0 Å². The molecule has 0 bridgehead atoms. The Kier molecular flexibility index (Phi) is 6.36. The summed E-state index contributed by atoms with van der Waals surface area (Å²) in [6.45, 7) is 6.43. The maximum Gasteiger partial charge on any atom is 0.237 e. The van der Waals surface area contributed by atoms with E-state index in [0.29, 0.717) is 13.1 Å². The van der Waals surface area contributed by atoms with E-state index < -0.39 is 0 Å². The number of benzene rings is 2. The summed E-state index contributed by atoms with van der Waals surface area (Å²) < 4.78 is 13.8. The number of rotatable bonds is 6. The lowest BCUT2D eigenvalue weighted by Gasteiger charge is -2.37. The highest BCUT2D eigenvalue weighted by molar-refractivity contribution is 5.81. The van der Waals surface area contributed by atoms with Crippen LogP contribution in [0.4, 0.5) is 4.39 Å². The molecule has 2 aromatic rings. The minimum Gasteiger partial charge on any atom is -0.351 e. The molecule has 1 aliphatic heterocycles. The lowest BCUT2D eigenvalue weighted by Crippen LogP contribution is -2.53. The summed E-state index contributed by atoms with van der Waals surface area (Å²) >= 11 is 0. The minimum atomic E-state index is -0.158. The second-order valence-electron chi connectivity index (χ2n) is 6.78. The van der Waals surface area contributed by atoms with Crippen LogP contribution in [0.25, 0.3) is 0 Å². The lowest BCUT2D eigenvalue weighted by atomic mass is 10.1. The molecule has 1 atom stereocenters. The van der Waals surface area contributed by atoms with E-state index in [0.717, 1.165) is 37.3 Å². The fourth-order valence-electron chi connectivity index (χ4n) is 3.27. The summed E-state index contributed by atoms with van der Waals surface area (Å²) in [4.78, 5) is 16.8. The van der Waals surface area contributed by atoms with Gasteiger partial charge in [-0.3, -0.25) is 14.6 Å². The van der Waals surface area contributed by atoms with Gasteiger partial charge in [-0.05, 0) is 18.6 Å². The lowest BCUT2D eigenvalue weighted by molar-refractivity contribution is -0.126. The highest BCUT2D eigenvalue weighted by Crippen LogP contribution is 2.13. The van der Waals surface area contributed by atoms with Gasteiger partial charge in [0.25, 0.3) is 0 Å². The minimum absolute atomic E-state index is 0.0522. The van der Waals surface area contributed by atoms with Crippen LogP contribution in [0.15, 0.2) is 54.6 Å². The first-order valence-electron chi connectivity index (χ1n) is 9.15. The zero-order chi connectivity index (χ0) is 18.4. The number of halogens is 1. The average Bonchev–Trinajstić information content (AvgIpc) is 2.69. The van der Waals surface area contributed by atoms with Gasteiger partial charge in [0, 0.05) is 44.8 Å². The van der Waals surface area contributed by atoms with Crippen molar-refractivity contribution < 1.29 is 9.18 Å². The standard InChI is InChI=1S/C21H26FN3O/c1-17(21(26)23-15-18-7-3-2-4-8-18)25-13-11-24(12-14-25)16-19-9-5-6-10-20(19)22/h2-10,17H,11-16H2,1H3,(H,23,26)/t17-/m1/s1. The van der Waals surface area contributed by atoms with Crippen LogP contribution in [-0.4, -0.2) is 47.9 Å². The number of amides is 1. The van der Waals surface area contributed by atoms with Crippen molar-refractivity contribution in [3.8, 4) is 0 Å². The molecule has 1 saturated heterocycles. The van der Waals surface area contributed by atoms with E-state index in [2.05, 4.69) is 15.1 Å². The summed E-state index contributed by atoms with van der Waals surface area (Å²) in [6, 6.07) is 16.7. The normalized spacial score (nSPS) is 17.0. The van der Waals surface area contributed by atoms with Gasteiger partial charge in [-0.2, -0.15) is 0 Å². The van der Waals surface area contributed by atoms with Crippen LogP contribution >= 0.6 is 0 Å². The van der Waals surface area contributed by atoms with Gasteiger partial charge in [-0.25, -0.2) is 4.39 Å². The Hall–Kier alpha value is -2.24. The van der Waals surface area contributed by atoms with Crippen molar-refractivity contribution in [3.05, 3.63) is 71.5 Å². The maximum atomic E-state index is 13.8. The molecule has 0 unspecified atom stereocenters. The first kappa shape index (κ1) is 18.5. The molecule has 0 aromatic heterocycles. The molecule has 4 nitrogen and oxygen atoms in total. The Morgan fingerprint density at radius 2 is 1.69 bits per heavy atom. The number of carbonyl (C=O) groups is 1. The third-order valence-electron chi connectivity index (χ3n) is 5.00. The van der Waals surface area contributed by atoms with Gasteiger partial charge in [0.05, 0.1) is 6.04 Å². The van der Waals surface area contributed by atoms with E-state index in [1.165, 1.54) is 6.07 Å². The van der Waals surface area contributed by atoms with Crippen molar-refractivity contribution in [3.63, 3.8) is 0 Å². The van der Waals surface area contributed by atoms with E-state index in [1.54, 1.807) is 6.07 Å². The van der Waals surface area contributed by atoms with Gasteiger partial charge in [-0.1, -0.05) is 48.5 Å². The highest BCUT2D eigenvalue weighted by Gasteiger charge is 2.25. The first-order chi connectivity index (χ1) is 12.6. The summed E-state index contributed by atoms with van der Waals surface area (Å²) in [6.07, 6.45) is 0. The summed E-state index contributed by atoms with van der Waals surface area (Å²) in [5.74, 6) is -0.0972. The van der Waals surface area contributed by atoms with Crippen LogP contribution in [0.5, 0.6) is 0 Å². The van der Waals surface area contributed by atoms with Crippen molar-refractivity contribution in [1.82, 2.24) is 15.1 Å². The molecule has 138 valence electrons. The molecule has 26 heavy (non-hydrogen) atoms. The Bertz CT molecular complexity index is 714. The van der Waals surface area contributed by atoms with Gasteiger partial charge < -0.3 is 5.32 Å². The van der Waals surface area contributed by atoms with E-state index in [-0.39, 0.29) is 17.8 Å². The monoisotopic (exact) mass is 355 g/mol. The van der Waals surface area contributed by atoms with Gasteiger partial charge in [0.2, 0.25) is 5.91 Å². The Morgan fingerprint density at radius 1 is 1.04 bits per heavy atom. The van der Waals surface area contributed by atoms with Crippen molar-refractivity contribution >= 4 is 5.91 Å². The second kappa shape index (κ2) is 8.92. The van der Waals surface area contributed by atoms with Crippen molar-refractivity contribution in [2.75, 3.05) is 26.2 Å². The fraction of sp³-hybridized carbons (Fsp3) is 0.381. The fourth-order valence-corrected chi connectivity index (χ4v) is 3.27. The Balaban J connectivity index is 1.45. The largest absolute Gasteiger partial charge is 0.351 e. The number of nitrogens with zero attached hydrogens (tertiary/aromatic N) is 2. The zero-order valence-electron chi connectivity index (χ0n) is 15.2. The quantitative estimate of drug-likeness (QED) is 0.865. The van der Waals surface area contributed by atoms with Crippen LogP contribution in [0.1, 0.15) is 18.1 Å². The number of hydrogen-bond donors (Lipinski definition) is 1. The van der Waals surface area contributed by atoms with Crippen LogP contribution in [0, 0.1) is 5.82 Å². The Morgan fingerprint density at radius 3 is 2.38 bits per heavy atom. The number of carbonyl (C=O) groups excluding carboxylic acids is 1. The summed E-state index contributed by atoms with van der Waals surface area (Å²) in [7, 11) is 0. The molecule has 0 spiro atoms. The number of piperazine rings is 1. The smallest absolute Gasteiger partial charge is 0.237 e. The van der Waals surface area contributed by atoms with Gasteiger partial charge >= 0.3 is 0 Å². The third-order valence-corrected chi connectivity index (χ3v) is 5.00. The molecule has 0 saturated carbocycles. The molecule has 0 aliphatic carbocycles. The molecular weight excluding hydrogens is 329 g/mol. The number of nitrogens with one attached hydrogen (secondary N) is 1. The summed E-state index contributed by atoms with van der Waals surface area (Å²) in [5, 5.41) is 3.01. The maximum absolute atomic E-state index is 13.8. The molecule has 1 fully saturated rings. The second-order valence-corrected chi connectivity index (χ2v) is 6.78. The van der Waals surface area contributed by atoms with Crippen LogP contribution in [0.2, 0.25) is 0 Å². The molecule has 1 amide bonds. The summed E-state index contributed by atoms with van der Waals surface area (Å²) in [5.41, 5.74) is 1.83. The molecule has 5 heteroatoms. The SMILES string of the molecule is C[C@H](C(=O)NCc1ccccc1)N1CCN(Cc2ccccc2F)CC1. The first-order valence-corrected chi connectivity index (χ1v) is 9.15. The topological polar surface area (TPSA) is 35.6 Å². The van der Waals surface area contributed by atoms with Crippen molar-refractivity contribution in [1.29, 1.82) is 0 Å². The van der Waals surface area contributed by atoms with Crippen LogP contribution < -0.4 is 5.32 Å². The molecule has 0 radical (unpaired) electrons. The molecule has 2 aromatic carbocycles. The van der Waals surface area contributed by atoms with Gasteiger partial charge in [0.15, 0.2) is 0 Å². The van der Waals surface area contributed by atoms with E-state index in [9.17, 15) is 9.18 Å². The average molecular weight is 355 g/mol. The van der Waals surface area contributed by atoms with Crippen LogP contribution in [-0.2, 0) is 17.9 Å². The molecule has 1 heterocycles. The van der Waals surface area contributed by atoms with Crippen molar-refractivity contribution in [2.45, 2.75) is 26.1 Å².